The first kappa shape index (κ1) is 15.3. The van der Waals surface area contributed by atoms with Crippen molar-refractivity contribution in [3.8, 4) is 5.75 Å². The molecule has 0 unspecified atom stereocenters. The van der Waals surface area contributed by atoms with E-state index in [1.807, 2.05) is 0 Å². The number of amides is 2. The lowest BCUT2D eigenvalue weighted by molar-refractivity contribution is -0.122. The van der Waals surface area contributed by atoms with Gasteiger partial charge < -0.3 is 20.8 Å². The number of carbonyl (C=O) groups is 3. The zero-order chi connectivity index (χ0) is 15.6. The van der Waals surface area contributed by atoms with Gasteiger partial charge in [-0.2, -0.15) is 0 Å². The maximum Gasteiger partial charge on any atom is 0.339 e. The van der Waals surface area contributed by atoms with Crippen LogP contribution in [0.15, 0.2) is 18.2 Å². The van der Waals surface area contributed by atoms with E-state index in [4.69, 9.17) is 17.3 Å². The van der Waals surface area contributed by atoms with Gasteiger partial charge in [0.25, 0.3) is 0 Å². The third-order valence-electron chi connectivity index (χ3n) is 2.65. The number of thiocarbonyl (C=S) groups is 1. The molecule has 0 spiro atoms. The van der Waals surface area contributed by atoms with Crippen molar-refractivity contribution in [1.29, 1.82) is 0 Å². The standard InChI is InChI=1S/C12H10N2O5S2/c15-7-2-1-5(3-6(7)11(18)19)13-9(16)4-8-10(17)14-12(20)21-8/h1-3,8,15H,4H2,(H,13,16)(H,18,19)(H,14,17,20)/t8-/m0/s1. The highest BCUT2D eigenvalue weighted by molar-refractivity contribution is 8.24. The monoisotopic (exact) mass is 326 g/mol. The molecule has 21 heavy (non-hydrogen) atoms. The quantitative estimate of drug-likeness (QED) is 0.480. The number of nitrogens with one attached hydrogen (secondary N) is 2. The Labute approximate surface area is 128 Å². The second-order valence-electron chi connectivity index (χ2n) is 4.17. The second kappa shape index (κ2) is 6.10. The summed E-state index contributed by atoms with van der Waals surface area (Å²) >= 11 is 5.92. The molecule has 0 bridgehead atoms. The largest absolute Gasteiger partial charge is 0.507 e. The van der Waals surface area contributed by atoms with Gasteiger partial charge in [-0.3, -0.25) is 9.59 Å². The number of benzene rings is 1. The van der Waals surface area contributed by atoms with Crippen LogP contribution in [-0.4, -0.2) is 37.6 Å². The van der Waals surface area contributed by atoms with E-state index in [1.54, 1.807) is 0 Å². The first-order valence-electron chi connectivity index (χ1n) is 5.74. The number of hydrogen-bond donors (Lipinski definition) is 4. The summed E-state index contributed by atoms with van der Waals surface area (Å²) in [5.74, 6) is -2.47. The lowest BCUT2D eigenvalue weighted by Crippen LogP contribution is -2.27. The van der Waals surface area contributed by atoms with Gasteiger partial charge in [0.2, 0.25) is 11.8 Å². The van der Waals surface area contributed by atoms with Crippen LogP contribution in [0.3, 0.4) is 0 Å². The van der Waals surface area contributed by atoms with E-state index >= 15 is 0 Å². The molecule has 7 nitrogen and oxygen atoms in total. The van der Waals surface area contributed by atoms with E-state index in [0.717, 1.165) is 17.8 Å². The Morgan fingerprint density at radius 1 is 1.43 bits per heavy atom. The van der Waals surface area contributed by atoms with Gasteiger partial charge >= 0.3 is 5.97 Å². The molecule has 1 aromatic carbocycles. The van der Waals surface area contributed by atoms with Crippen LogP contribution in [0, 0.1) is 0 Å². The van der Waals surface area contributed by atoms with Crippen LogP contribution < -0.4 is 10.6 Å². The minimum absolute atomic E-state index is 0.0834. The molecule has 2 rings (SSSR count). The predicted octanol–water partition coefficient (Wildman–Crippen LogP) is 0.935. The molecule has 0 aliphatic carbocycles. The molecular weight excluding hydrogens is 316 g/mol. The minimum Gasteiger partial charge on any atom is -0.507 e. The van der Waals surface area contributed by atoms with Gasteiger partial charge in [-0.25, -0.2) is 4.79 Å². The number of thioether (sulfide) groups is 1. The summed E-state index contributed by atoms with van der Waals surface area (Å²) in [5.41, 5.74) is -0.0943. The molecule has 1 aliphatic heterocycles. The van der Waals surface area contributed by atoms with Gasteiger partial charge in [-0.15, -0.1) is 0 Å². The Bertz CT molecular complexity index is 647. The molecule has 0 saturated carbocycles. The van der Waals surface area contributed by atoms with E-state index < -0.39 is 22.9 Å². The topological polar surface area (TPSA) is 116 Å². The van der Waals surface area contributed by atoms with E-state index in [9.17, 15) is 19.5 Å². The van der Waals surface area contributed by atoms with Crippen LogP contribution in [0.5, 0.6) is 5.75 Å². The molecule has 9 heteroatoms. The van der Waals surface area contributed by atoms with E-state index in [0.29, 0.717) is 4.32 Å². The van der Waals surface area contributed by atoms with Gasteiger partial charge in [0, 0.05) is 12.1 Å². The van der Waals surface area contributed by atoms with Crippen molar-refractivity contribution < 1.29 is 24.6 Å². The van der Waals surface area contributed by atoms with Crippen molar-refractivity contribution in [3.05, 3.63) is 23.8 Å². The van der Waals surface area contributed by atoms with Crippen molar-refractivity contribution in [2.45, 2.75) is 11.7 Å². The number of anilines is 1. The van der Waals surface area contributed by atoms with Crippen molar-refractivity contribution in [2.24, 2.45) is 0 Å². The first-order valence-corrected chi connectivity index (χ1v) is 7.03. The molecular formula is C12H10N2O5S2. The summed E-state index contributed by atoms with van der Waals surface area (Å²) in [6.45, 7) is 0. The fraction of sp³-hybridized carbons (Fsp3) is 0.167. The van der Waals surface area contributed by atoms with Gasteiger partial charge in [0.05, 0.1) is 5.25 Å². The molecule has 110 valence electrons. The van der Waals surface area contributed by atoms with E-state index in [2.05, 4.69) is 10.6 Å². The number of rotatable bonds is 4. The third-order valence-corrected chi connectivity index (χ3v) is 4.02. The van der Waals surface area contributed by atoms with Crippen LogP contribution in [0.2, 0.25) is 0 Å². The summed E-state index contributed by atoms with van der Waals surface area (Å²) in [4.78, 5) is 34.2. The normalized spacial score (nSPS) is 17.4. The summed E-state index contributed by atoms with van der Waals surface area (Å²) in [5, 5.41) is 22.6. The van der Waals surface area contributed by atoms with Crippen LogP contribution in [0.4, 0.5) is 5.69 Å². The van der Waals surface area contributed by atoms with Crippen molar-refractivity contribution >= 4 is 51.8 Å². The molecule has 2 amide bonds. The predicted molar refractivity (Wildman–Crippen MR) is 80.4 cm³/mol. The smallest absolute Gasteiger partial charge is 0.339 e. The molecule has 1 aliphatic rings. The fourth-order valence-corrected chi connectivity index (χ4v) is 2.96. The number of carbonyl (C=O) groups excluding carboxylic acids is 2. The molecule has 1 fully saturated rings. The molecule has 0 radical (unpaired) electrons. The second-order valence-corrected chi connectivity index (χ2v) is 6.05. The Hall–Kier alpha value is -2.13. The zero-order valence-electron chi connectivity index (χ0n) is 10.5. The highest BCUT2D eigenvalue weighted by Crippen LogP contribution is 2.24. The molecule has 1 aromatic rings. The van der Waals surface area contributed by atoms with Crippen LogP contribution in [0.25, 0.3) is 0 Å². The Morgan fingerprint density at radius 3 is 2.71 bits per heavy atom. The Morgan fingerprint density at radius 2 is 2.14 bits per heavy atom. The number of aromatic hydroxyl groups is 1. The van der Waals surface area contributed by atoms with Crippen LogP contribution in [0.1, 0.15) is 16.8 Å². The first-order chi connectivity index (χ1) is 9.86. The number of phenols is 1. The average Bonchev–Trinajstić information content (AvgIpc) is 2.69. The lowest BCUT2D eigenvalue weighted by atomic mass is 10.1. The molecule has 1 heterocycles. The average molecular weight is 326 g/mol. The maximum absolute atomic E-state index is 11.8. The minimum atomic E-state index is -1.31. The maximum atomic E-state index is 11.8. The summed E-state index contributed by atoms with van der Waals surface area (Å²) in [6, 6.07) is 3.68. The number of hydrogen-bond acceptors (Lipinski definition) is 6. The summed E-state index contributed by atoms with van der Waals surface area (Å²) in [6.07, 6.45) is -0.0834. The number of aromatic carboxylic acids is 1. The summed E-state index contributed by atoms with van der Waals surface area (Å²) in [7, 11) is 0. The van der Waals surface area contributed by atoms with Crippen LogP contribution in [-0.2, 0) is 9.59 Å². The SMILES string of the molecule is O=C(C[C@@H]1SC(=S)NC1=O)Nc1ccc(O)c(C(=O)O)c1. The Kier molecular flexibility index (Phi) is 4.43. The molecule has 4 N–H and O–H groups in total. The Balaban J connectivity index is 2.03. The highest BCUT2D eigenvalue weighted by Gasteiger charge is 2.31. The van der Waals surface area contributed by atoms with Crippen molar-refractivity contribution in [3.63, 3.8) is 0 Å². The number of carboxylic acids is 1. The van der Waals surface area contributed by atoms with Gasteiger partial charge in [-0.1, -0.05) is 24.0 Å². The van der Waals surface area contributed by atoms with E-state index in [1.165, 1.54) is 12.1 Å². The van der Waals surface area contributed by atoms with Crippen molar-refractivity contribution in [2.75, 3.05) is 5.32 Å². The zero-order valence-corrected chi connectivity index (χ0v) is 12.1. The van der Waals surface area contributed by atoms with Gasteiger partial charge in [0.1, 0.15) is 15.6 Å². The number of carboxylic acid groups (broad SMARTS) is 1. The van der Waals surface area contributed by atoms with E-state index in [-0.39, 0.29) is 23.6 Å². The lowest BCUT2D eigenvalue weighted by Gasteiger charge is -2.08. The highest BCUT2D eigenvalue weighted by atomic mass is 32.2. The molecule has 1 atom stereocenters. The molecule has 0 aromatic heterocycles. The van der Waals surface area contributed by atoms with Crippen LogP contribution >= 0.6 is 24.0 Å². The van der Waals surface area contributed by atoms with Gasteiger partial charge in [0.15, 0.2) is 0 Å². The van der Waals surface area contributed by atoms with Crippen molar-refractivity contribution in [1.82, 2.24) is 5.32 Å². The fourth-order valence-electron chi connectivity index (χ4n) is 1.69. The third kappa shape index (κ3) is 3.70. The van der Waals surface area contributed by atoms with Gasteiger partial charge in [-0.05, 0) is 18.2 Å². The summed E-state index contributed by atoms with van der Waals surface area (Å²) < 4.78 is 0.329. The molecule has 1 saturated heterocycles.